The van der Waals surface area contributed by atoms with Gasteiger partial charge in [0.1, 0.15) is 17.6 Å². The zero-order chi connectivity index (χ0) is 21.4. The smallest absolute Gasteiger partial charge is 0.262 e. The molecule has 0 saturated carbocycles. The third-order valence-electron chi connectivity index (χ3n) is 5.80. The number of thiophene rings is 1. The molecule has 2 aromatic carbocycles. The standard InChI is InChI=1S/C25H23N3O2S/c1-28-14-13-26-24(28)22(19-9-5-6-10-20(19)30-2)27-25(29)21-15-17-12-11-16-7-3-4-8-18(16)23(17)31-21/h3-10,13-15,22H,11-12H2,1-2H3,(H,27,29). The van der Waals surface area contributed by atoms with E-state index in [9.17, 15) is 4.79 Å². The van der Waals surface area contributed by atoms with Crippen molar-refractivity contribution in [1.29, 1.82) is 0 Å². The van der Waals surface area contributed by atoms with Gasteiger partial charge in [0.05, 0.1) is 12.0 Å². The highest BCUT2D eigenvalue weighted by atomic mass is 32.1. The SMILES string of the molecule is COc1ccccc1C(NC(=O)c1cc2c(s1)-c1ccccc1CC2)c1nccn1C. The lowest BCUT2D eigenvalue weighted by atomic mass is 9.91. The molecule has 2 aromatic heterocycles. The van der Waals surface area contributed by atoms with Crippen molar-refractivity contribution in [3.8, 4) is 16.2 Å². The Morgan fingerprint density at radius 2 is 1.90 bits per heavy atom. The van der Waals surface area contributed by atoms with Gasteiger partial charge >= 0.3 is 0 Å². The molecule has 0 bridgehead atoms. The summed E-state index contributed by atoms with van der Waals surface area (Å²) in [5.74, 6) is 1.37. The Labute approximate surface area is 185 Å². The van der Waals surface area contributed by atoms with Gasteiger partial charge in [0, 0.05) is 29.9 Å². The molecule has 0 spiro atoms. The van der Waals surface area contributed by atoms with Gasteiger partial charge in [-0.05, 0) is 41.7 Å². The van der Waals surface area contributed by atoms with Crippen LogP contribution in [0.15, 0.2) is 67.0 Å². The second-order valence-electron chi connectivity index (χ2n) is 7.67. The van der Waals surface area contributed by atoms with Gasteiger partial charge in [-0.1, -0.05) is 42.5 Å². The van der Waals surface area contributed by atoms with E-state index < -0.39 is 6.04 Å². The highest BCUT2D eigenvalue weighted by molar-refractivity contribution is 7.17. The summed E-state index contributed by atoms with van der Waals surface area (Å²) in [7, 11) is 3.57. The molecule has 1 aliphatic carbocycles. The molecule has 6 heteroatoms. The molecule has 0 saturated heterocycles. The normalized spacial score (nSPS) is 13.2. The van der Waals surface area contributed by atoms with Crippen molar-refractivity contribution in [3.63, 3.8) is 0 Å². The van der Waals surface area contributed by atoms with Crippen molar-refractivity contribution >= 4 is 17.2 Å². The van der Waals surface area contributed by atoms with Crippen molar-refractivity contribution in [3.05, 3.63) is 94.4 Å². The molecule has 1 amide bonds. The first-order valence-electron chi connectivity index (χ1n) is 10.3. The number of para-hydroxylation sites is 1. The summed E-state index contributed by atoms with van der Waals surface area (Å²) in [6.07, 6.45) is 5.60. The number of benzene rings is 2. The van der Waals surface area contributed by atoms with Crippen LogP contribution < -0.4 is 10.1 Å². The van der Waals surface area contributed by atoms with Crippen molar-refractivity contribution in [2.75, 3.05) is 7.11 Å². The molecule has 156 valence electrons. The molecular weight excluding hydrogens is 406 g/mol. The average molecular weight is 430 g/mol. The van der Waals surface area contributed by atoms with Gasteiger partial charge in [-0.15, -0.1) is 11.3 Å². The van der Waals surface area contributed by atoms with Crippen LogP contribution in [0.4, 0.5) is 0 Å². The van der Waals surface area contributed by atoms with Gasteiger partial charge in [-0.2, -0.15) is 0 Å². The quantitative estimate of drug-likeness (QED) is 0.497. The highest BCUT2D eigenvalue weighted by Crippen LogP contribution is 2.40. The number of methoxy groups -OCH3 is 1. The Hall–Kier alpha value is -3.38. The number of rotatable bonds is 5. The molecule has 5 nitrogen and oxygen atoms in total. The number of amides is 1. The first-order valence-corrected chi connectivity index (χ1v) is 11.1. The van der Waals surface area contributed by atoms with E-state index in [2.05, 4.69) is 34.6 Å². The van der Waals surface area contributed by atoms with E-state index in [1.807, 2.05) is 48.1 Å². The van der Waals surface area contributed by atoms with Crippen molar-refractivity contribution < 1.29 is 9.53 Å². The summed E-state index contributed by atoms with van der Waals surface area (Å²) in [5, 5.41) is 3.21. The summed E-state index contributed by atoms with van der Waals surface area (Å²) < 4.78 is 7.49. The van der Waals surface area contributed by atoms with Crippen molar-refractivity contribution in [2.24, 2.45) is 7.05 Å². The Morgan fingerprint density at radius 1 is 1.13 bits per heavy atom. The average Bonchev–Trinajstić information content (AvgIpc) is 3.44. The maximum Gasteiger partial charge on any atom is 0.262 e. The predicted molar refractivity (Wildman–Crippen MR) is 123 cm³/mol. The second-order valence-corrected chi connectivity index (χ2v) is 8.72. The molecule has 1 aliphatic rings. The van der Waals surface area contributed by atoms with Gasteiger partial charge in [-0.25, -0.2) is 4.98 Å². The summed E-state index contributed by atoms with van der Waals surface area (Å²) in [6.45, 7) is 0. The fraction of sp³-hybridized carbons (Fsp3) is 0.200. The van der Waals surface area contributed by atoms with Crippen LogP contribution >= 0.6 is 11.3 Å². The summed E-state index contributed by atoms with van der Waals surface area (Å²) in [5.41, 5.74) is 4.72. The maximum atomic E-state index is 13.4. The lowest BCUT2D eigenvalue weighted by molar-refractivity contribution is 0.0945. The lowest BCUT2D eigenvalue weighted by Gasteiger charge is -2.21. The highest BCUT2D eigenvalue weighted by Gasteiger charge is 2.27. The van der Waals surface area contributed by atoms with Crippen LogP contribution in [0.2, 0.25) is 0 Å². The predicted octanol–water partition coefficient (Wildman–Crippen LogP) is 4.78. The van der Waals surface area contributed by atoms with E-state index in [4.69, 9.17) is 4.74 Å². The number of aromatic nitrogens is 2. The molecule has 0 fully saturated rings. The van der Waals surface area contributed by atoms with Crippen LogP contribution in [0.25, 0.3) is 10.4 Å². The van der Waals surface area contributed by atoms with Crippen LogP contribution in [0.5, 0.6) is 5.75 Å². The van der Waals surface area contributed by atoms with Gasteiger partial charge in [-0.3, -0.25) is 4.79 Å². The molecule has 1 atom stereocenters. The zero-order valence-corrected chi connectivity index (χ0v) is 18.3. The van der Waals surface area contributed by atoms with Crippen LogP contribution in [0, 0.1) is 0 Å². The first kappa shape index (κ1) is 19.6. The number of nitrogens with one attached hydrogen (secondary N) is 1. The number of hydrogen-bond donors (Lipinski definition) is 1. The molecule has 2 heterocycles. The number of carbonyl (C=O) groups excluding carboxylic acids is 1. The molecule has 5 rings (SSSR count). The topological polar surface area (TPSA) is 56.1 Å². The maximum absolute atomic E-state index is 13.4. The van der Waals surface area contributed by atoms with Crippen molar-refractivity contribution in [2.45, 2.75) is 18.9 Å². The fourth-order valence-corrected chi connectivity index (χ4v) is 5.40. The van der Waals surface area contributed by atoms with Gasteiger partial charge in [0.25, 0.3) is 5.91 Å². The number of imidazole rings is 1. The fourth-order valence-electron chi connectivity index (χ4n) is 4.23. The third-order valence-corrected chi connectivity index (χ3v) is 7.01. The lowest BCUT2D eigenvalue weighted by Crippen LogP contribution is -2.31. The van der Waals surface area contributed by atoms with Crippen LogP contribution in [0.1, 0.15) is 38.2 Å². The minimum Gasteiger partial charge on any atom is -0.496 e. The molecule has 1 N–H and O–H groups in total. The molecule has 1 unspecified atom stereocenters. The van der Waals surface area contributed by atoms with E-state index in [0.717, 1.165) is 34.9 Å². The number of fused-ring (bicyclic) bond motifs is 3. The Morgan fingerprint density at radius 3 is 2.71 bits per heavy atom. The number of ether oxygens (including phenoxy) is 1. The Bertz CT molecular complexity index is 1260. The largest absolute Gasteiger partial charge is 0.496 e. The molecule has 0 aliphatic heterocycles. The van der Waals surface area contributed by atoms with E-state index >= 15 is 0 Å². The number of hydrogen-bond acceptors (Lipinski definition) is 4. The summed E-state index contributed by atoms with van der Waals surface area (Å²) in [4.78, 5) is 19.8. The first-order chi connectivity index (χ1) is 15.2. The molecule has 4 aromatic rings. The van der Waals surface area contributed by atoms with Crippen molar-refractivity contribution in [1.82, 2.24) is 14.9 Å². The Kier molecular flexibility index (Phi) is 5.08. The van der Waals surface area contributed by atoms with E-state index in [1.165, 1.54) is 21.6 Å². The van der Waals surface area contributed by atoms with E-state index in [1.54, 1.807) is 24.6 Å². The van der Waals surface area contributed by atoms with Gasteiger partial charge in [0.2, 0.25) is 0 Å². The molecule has 0 radical (unpaired) electrons. The van der Waals surface area contributed by atoms with E-state index in [-0.39, 0.29) is 5.91 Å². The minimum absolute atomic E-state index is 0.101. The zero-order valence-electron chi connectivity index (χ0n) is 17.5. The number of aryl methyl sites for hydroxylation is 3. The second kappa shape index (κ2) is 8.04. The summed E-state index contributed by atoms with van der Waals surface area (Å²) >= 11 is 1.56. The third kappa shape index (κ3) is 3.53. The molecule has 31 heavy (non-hydrogen) atoms. The van der Waals surface area contributed by atoms with Crippen LogP contribution in [-0.2, 0) is 19.9 Å². The van der Waals surface area contributed by atoms with Gasteiger partial charge < -0.3 is 14.6 Å². The van der Waals surface area contributed by atoms with Gasteiger partial charge in [0.15, 0.2) is 0 Å². The van der Waals surface area contributed by atoms with E-state index in [0.29, 0.717) is 0 Å². The summed E-state index contributed by atoms with van der Waals surface area (Å²) in [6, 6.07) is 17.8. The molecular formula is C25H23N3O2S. The minimum atomic E-state index is -0.421. The number of nitrogens with zero attached hydrogens (tertiary/aromatic N) is 2. The van der Waals surface area contributed by atoms with Crippen LogP contribution in [-0.4, -0.2) is 22.6 Å². The number of carbonyl (C=O) groups is 1. The Balaban J connectivity index is 1.51. The van der Waals surface area contributed by atoms with Crippen LogP contribution in [0.3, 0.4) is 0 Å². The monoisotopic (exact) mass is 429 g/mol.